The van der Waals surface area contributed by atoms with E-state index in [-0.39, 0.29) is 11.5 Å². The second-order valence-electron chi connectivity index (χ2n) is 5.46. The van der Waals surface area contributed by atoms with Gasteiger partial charge in [-0.25, -0.2) is 0 Å². The quantitative estimate of drug-likeness (QED) is 0.568. The van der Waals surface area contributed by atoms with Crippen LogP contribution in [-0.2, 0) is 11.4 Å². The minimum absolute atomic E-state index is 0.0756. The molecule has 0 N–H and O–H groups in total. The molecular weight excluding hydrogens is 359 g/mol. The zero-order chi connectivity index (χ0) is 18.4. The number of amides is 1. The van der Waals surface area contributed by atoms with Crippen molar-refractivity contribution < 1.29 is 9.53 Å². The number of nitrogens with zero attached hydrogens (tertiary/aromatic N) is 2. The predicted molar refractivity (Wildman–Crippen MR) is 99.5 cm³/mol. The van der Waals surface area contributed by atoms with Gasteiger partial charge in [0.1, 0.15) is 24.0 Å². The van der Waals surface area contributed by atoms with E-state index in [9.17, 15) is 4.79 Å². The summed E-state index contributed by atoms with van der Waals surface area (Å²) in [6.45, 7) is 0.313. The van der Waals surface area contributed by atoms with E-state index in [0.29, 0.717) is 22.4 Å². The zero-order valence-corrected chi connectivity index (χ0v) is 15.3. The van der Waals surface area contributed by atoms with Crippen molar-refractivity contribution in [2.24, 2.45) is 0 Å². The van der Waals surface area contributed by atoms with Gasteiger partial charge in [-0.15, -0.1) is 0 Å². The van der Waals surface area contributed by atoms with Crippen molar-refractivity contribution in [1.82, 2.24) is 4.90 Å². The third-order valence-electron chi connectivity index (χ3n) is 3.36. The summed E-state index contributed by atoms with van der Waals surface area (Å²) in [6, 6.07) is 14.2. The second kappa shape index (κ2) is 8.57. The van der Waals surface area contributed by atoms with Crippen LogP contribution in [0.1, 0.15) is 11.1 Å². The van der Waals surface area contributed by atoms with Crippen LogP contribution in [0, 0.1) is 11.3 Å². The van der Waals surface area contributed by atoms with E-state index >= 15 is 0 Å². The Labute approximate surface area is 156 Å². The molecule has 4 nitrogen and oxygen atoms in total. The summed E-state index contributed by atoms with van der Waals surface area (Å²) in [5.41, 5.74) is 1.65. The minimum Gasteiger partial charge on any atom is -0.489 e. The molecule has 0 spiro atoms. The highest BCUT2D eigenvalue weighted by Gasteiger charge is 2.10. The van der Waals surface area contributed by atoms with E-state index < -0.39 is 0 Å². The highest BCUT2D eigenvalue weighted by Crippen LogP contribution is 2.23. The average molecular weight is 375 g/mol. The number of rotatable bonds is 5. The molecule has 0 bridgehead atoms. The lowest BCUT2D eigenvalue weighted by molar-refractivity contribution is -0.124. The van der Waals surface area contributed by atoms with Gasteiger partial charge < -0.3 is 9.64 Å². The third-order valence-corrected chi connectivity index (χ3v) is 3.94. The number of hydrogen-bond donors (Lipinski definition) is 0. The first-order valence-corrected chi connectivity index (χ1v) is 8.16. The summed E-state index contributed by atoms with van der Waals surface area (Å²) in [5, 5.41) is 10.2. The second-order valence-corrected chi connectivity index (χ2v) is 6.31. The van der Waals surface area contributed by atoms with E-state index in [0.717, 1.165) is 11.1 Å². The van der Waals surface area contributed by atoms with Gasteiger partial charge in [-0.05, 0) is 35.9 Å². The Morgan fingerprint density at radius 1 is 1.20 bits per heavy atom. The lowest BCUT2D eigenvalue weighted by atomic mass is 10.1. The standard InChI is InChI=1S/C19H16Cl2N2O2/c1-23(2)19(24)15(11-22)9-13-3-7-17(8-4-13)25-12-14-5-6-16(20)10-18(14)21/h3-10H,12H2,1-2H3/b15-9+. The molecule has 0 fully saturated rings. The molecular formula is C19H16Cl2N2O2. The van der Waals surface area contributed by atoms with Gasteiger partial charge in [0.25, 0.3) is 5.91 Å². The molecule has 0 aliphatic heterocycles. The Kier molecular flexibility index (Phi) is 6.46. The number of carbonyl (C=O) groups excluding carboxylic acids is 1. The Morgan fingerprint density at radius 2 is 1.88 bits per heavy atom. The van der Waals surface area contributed by atoms with Crippen molar-refractivity contribution in [1.29, 1.82) is 5.26 Å². The molecule has 0 aliphatic carbocycles. The van der Waals surface area contributed by atoms with Crippen molar-refractivity contribution >= 4 is 35.2 Å². The Morgan fingerprint density at radius 3 is 2.44 bits per heavy atom. The van der Waals surface area contributed by atoms with Crippen LogP contribution in [0.25, 0.3) is 6.08 Å². The van der Waals surface area contributed by atoms with Crippen molar-refractivity contribution in [2.75, 3.05) is 14.1 Å². The van der Waals surface area contributed by atoms with E-state index in [2.05, 4.69) is 0 Å². The van der Waals surface area contributed by atoms with E-state index in [1.165, 1.54) is 4.90 Å². The molecule has 0 saturated carbocycles. The largest absolute Gasteiger partial charge is 0.489 e. The summed E-state index contributed by atoms with van der Waals surface area (Å²) in [6.07, 6.45) is 1.54. The molecule has 0 aliphatic rings. The minimum atomic E-state index is -0.333. The van der Waals surface area contributed by atoms with Gasteiger partial charge in [0.2, 0.25) is 0 Å². The molecule has 0 unspecified atom stereocenters. The fraction of sp³-hybridized carbons (Fsp3) is 0.158. The SMILES string of the molecule is CN(C)C(=O)/C(C#N)=C/c1ccc(OCc2ccc(Cl)cc2Cl)cc1. The molecule has 1 amide bonds. The third kappa shape index (κ3) is 5.25. The van der Waals surface area contributed by atoms with Crippen LogP contribution in [0.5, 0.6) is 5.75 Å². The maximum Gasteiger partial charge on any atom is 0.264 e. The molecule has 0 saturated heterocycles. The van der Waals surface area contributed by atoms with Crippen LogP contribution in [-0.4, -0.2) is 24.9 Å². The van der Waals surface area contributed by atoms with Gasteiger partial charge in [0.15, 0.2) is 0 Å². The van der Waals surface area contributed by atoms with E-state index in [1.54, 1.807) is 56.6 Å². The molecule has 2 rings (SSSR count). The maximum atomic E-state index is 11.8. The van der Waals surface area contributed by atoms with Gasteiger partial charge in [0, 0.05) is 29.7 Å². The molecule has 2 aromatic carbocycles. The van der Waals surface area contributed by atoms with Crippen LogP contribution in [0.4, 0.5) is 0 Å². The molecule has 128 valence electrons. The van der Waals surface area contributed by atoms with Crippen molar-refractivity contribution in [2.45, 2.75) is 6.61 Å². The number of ether oxygens (including phenoxy) is 1. The number of halogens is 2. The summed E-state index contributed by atoms with van der Waals surface area (Å²) >= 11 is 12.0. The molecule has 6 heteroatoms. The molecule has 0 aromatic heterocycles. The molecule has 25 heavy (non-hydrogen) atoms. The maximum absolute atomic E-state index is 11.8. The first-order chi connectivity index (χ1) is 11.9. The molecule has 0 atom stereocenters. The van der Waals surface area contributed by atoms with Gasteiger partial charge in [-0.2, -0.15) is 5.26 Å². The fourth-order valence-corrected chi connectivity index (χ4v) is 2.47. The summed E-state index contributed by atoms with van der Waals surface area (Å²) < 4.78 is 5.70. The number of nitriles is 1. The fourth-order valence-electron chi connectivity index (χ4n) is 2.01. The molecule has 0 heterocycles. The molecule has 0 radical (unpaired) electrons. The average Bonchev–Trinajstić information content (AvgIpc) is 2.59. The van der Waals surface area contributed by atoms with Gasteiger partial charge in [-0.1, -0.05) is 41.4 Å². The number of benzene rings is 2. The van der Waals surface area contributed by atoms with Crippen molar-refractivity contribution in [3.05, 3.63) is 69.2 Å². The smallest absolute Gasteiger partial charge is 0.264 e. The topological polar surface area (TPSA) is 53.3 Å². The summed E-state index contributed by atoms with van der Waals surface area (Å²) in [5.74, 6) is 0.320. The number of carbonyl (C=O) groups is 1. The molecule has 2 aromatic rings. The highest BCUT2D eigenvalue weighted by molar-refractivity contribution is 6.35. The van der Waals surface area contributed by atoms with E-state index in [1.807, 2.05) is 12.1 Å². The predicted octanol–water partition coefficient (Wildman–Crippen LogP) is 4.57. The summed E-state index contributed by atoms with van der Waals surface area (Å²) in [4.78, 5) is 13.2. The normalized spacial score (nSPS) is 10.9. The van der Waals surface area contributed by atoms with Crippen LogP contribution < -0.4 is 4.74 Å². The van der Waals surface area contributed by atoms with E-state index in [4.69, 9.17) is 33.2 Å². The Balaban J connectivity index is 2.07. The van der Waals surface area contributed by atoms with Gasteiger partial charge in [-0.3, -0.25) is 4.79 Å². The monoisotopic (exact) mass is 374 g/mol. The number of hydrogen-bond acceptors (Lipinski definition) is 3. The van der Waals surface area contributed by atoms with Gasteiger partial charge >= 0.3 is 0 Å². The summed E-state index contributed by atoms with van der Waals surface area (Å²) in [7, 11) is 3.21. The highest BCUT2D eigenvalue weighted by atomic mass is 35.5. The first kappa shape index (κ1) is 18.9. The lowest BCUT2D eigenvalue weighted by Crippen LogP contribution is -2.22. The van der Waals surface area contributed by atoms with Crippen LogP contribution in [0.3, 0.4) is 0 Å². The van der Waals surface area contributed by atoms with Gasteiger partial charge in [0.05, 0.1) is 0 Å². The zero-order valence-electron chi connectivity index (χ0n) is 13.8. The Bertz CT molecular complexity index is 837. The number of likely N-dealkylation sites (N-methyl/N-ethyl adjacent to an activating group) is 1. The van der Waals surface area contributed by atoms with Crippen LogP contribution >= 0.6 is 23.2 Å². The van der Waals surface area contributed by atoms with Crippen molar-refractivity contribution in [3.8, 4) is 11.8 Å². The first-order valence-electron chi connectivity index (χ1n) is 7.41. The van der Waals surface area contributed by atoms with Crippen LogP contribution in [0.2, 0.25) is 10.0 Å². The van der Waals surface area contributed by atoms with Crippen LogP contribution in [0.15, 0.2) is 48.0 Å². The Hall–Kier alpha value is -2.48. The lowest BCUT2D eigenvalue weighted by Gasteiger charge is -2.09. The van der Waals surface area contributed by atoms with Crippen molar-refractivity contribution in [3.63, 3.8) is 0 Å².